The van der Waals surface area contributed by atoms with E-state index in [0.717, 1.165) is 10.5 Å². The zero-order valence-electron chi connectivity index (χ0n) is 9.02. The molecule has 1 aromatic carbocycles. The van der Waals surface area contributed by atoms with Gasteiger partial charge in [-0.25, -0.2) is 4.98 Å². The lowest BCUT2D eigenvalue weighted by Gasteiger charge is -2.03. The molecule has 4 heteroatoms. The van der Waals surface area contributed by atoms with Gasteiger partial charge < -0.3 is 4.42 Å². The molecule has 0 spiro atoms. The molecule has 2 rings (SSSR count). The van der Waals surface area contributed by atoms with Crippen LogP contribution in [0.25, 0.3) is 11.3 Å². The molecular weight excluding hydrogens is 220 g/mol. The van der Waals surface area contributed by atoms with Crippen LogP contribution in [0.3, 0.4) is 0 Å². The highest BCUT2D eigenvalue weighted by Crippen LogP contribution is 2.32. The SMILES string of the molecule is CSc1ccccc1-c1oc(C)nc1C#N. The van der Waals surface area contributed by atoms with Crippen molar-refractivity contribution in [2.24, 2.45) is 0 Å². The lowest BCUT2D eigenvalue weighted by atomic mass is 10.1. The van der Waals surface area contributed by atoms with Crippen LogP contribution in [0, 0.1) is 18.3 Å². The lowest BCUT2D eigenvalue weighted by Crippen LogP contribution is -1.83. The molecular formula is C12H10N2OS. The van der Waals surface area contributed by atoms with Crippen molar-refractivity contribution in [3.63, 3.8) is 0 Å². The molecule has 0 amide bonds. The predicted molar refractivity (Wildman–Crippen MR) is 63.2 cm³/mol. The van der Waals surface area contributed by atoms with E-state index in [4.69, 9.17) is 9.68 Å². The Bertz CT molecular complexity index is 554. The zero-order chi connectivity index (χ0) is 11.5. The normalized spacial score (nSPS) is 10.1. The third-order valence-electron chi connectivity index (χ3n) is 2.19. The second kappa shape index (κ2) is 4.42. The second-order valence-corrected chi connectivity index (χ2v) is 4.07. The highest BCUT2D eigenvalue weighted by atomic mass is 32.2. The average Bonchev–Trinajstić information content (AvgIpc) is 2.70. The number of nitriles is 1. The minimum atomic E-state index is 0.346. The Hall–Kier alpha value is -1.73. The van der Waals surface area contributed by atoms with Crippen molar-refractivity contribution in [2.75, 3.05) is 6.26 Å². The number of benzene rings is 1. The number of rotatable bonds is 2. The largest absolute Gasteiger partial charge is 0.440 e. The van der Waals surface area contributed by atoms with Crippen LogP contribution >= 0.6 is 11.8 Å². The van der Waals surface area contributed by atoms with E-state index in [0.29, 0.717) is 17.3 Å². The Morgan fingerprint density at radius 2 is 2.12 bits per heavy atom. The number of nitrogens with zero attached hydrogens (tertiary/aromatic N) is 2. The summed E-state index contributed by atoms with van der Waals surface area (Å²) in [6.07, 6.45) is 1.99. The van der Waals surface area contributed by atoms with Crippen molar-refractivity contribution < 1.29 is 4.42 Å². The van der Waals surface area contributed by atoms with Gasteiger partial charge in [-0.05, 0) is 18.4 Å². The van der Waals surface area contributed by atoms with Crippen LogP contribution < -0.4 is 0 Å². The molecule has 0 atom stereocenters. The maximum atomic E-state index is 8.98. The quantitative estimate of drug-likeness (QED) is 0.743. The number of hydrogen-bond acceptors (Lipinski definition) is 4. The molecule has 0 N–H and O–H groups in total. The summed E-state index contributed by atoms with van der Waals surface area (Å²) in [5, 5.41) is 8.98. The third kappa shape index (κ3) is 1.82. The summed E-state index contributed by atoms with van der Waals surface area (Å²) >= 11 is 1.62. The fraction of sp³-hybridized carbons (Fsp3) is 0.167. The molecule has 0 fully saturated rings. The Balaban J connectivity index is 2.63. The van der Waals surface area contributed by atoms with Gasteiger partial charge in [0.25, 0.3) is 0 Å². The standard InChI is InChI=1S/C12H10N2OS/c1-8-14-10(7-13)12(15-8)9-5-3-4-6-11(9)16-2/h3-6H,1-2H3. The van der Waals surface area contributed by atoms with Crippen molar-refractivity contribution in [1.82, 2.24) is 4.98 Å². The first-order chi connectivity index (χ1) is 7.76. The predicted octanol–water partition coefficient (Wildman–Crippen LogP) is 3.24. The number of aromatic nitrogens is 1. The molecule has 2 aromatic rings. The van der Waals surface area contributed by atoms with Crippen LogP contribution in [-0.2, 0) is 0 Å². The molecule has 1 aromatic heterocycles. The van der Waals surface area contributed by atoms with Crippen LogP contribution in [0.1, 0.15) is 11.6 Å². The van der Waals surface area contributed by atoms with Gasteiger partial charge in [-0.2, -0.15) is 5.26 Å². The van der Waals surface area contributed by atoms with Gasteiger partial charge in [0.05, 0.1) is 0 Å². The van der Waals surface area contributed by atoms with Crippen LogP contribution in [0.2, 0.25) is 0 Å². The summed E-state index contributed by atoms with van der Waals surface area (Å²) in [5.41, 5.74) is 1.27. The fourth-order valence-electron chi connectivity index (χ4n) is 1.52. The minimum absolute atomic E-state index is 0.346. The van der Waals surface area contributed by atoms with E-state index < -0.39 is 0 Å². The molecule has 0 aliphatic rings. The number of thioether (sulfide) groups is 1. The number of aryl methyl sites for hydroxylation is 1. The van der Waals surface area contributed by atoms with Crippen LogP contribution in [0.15, 0.2) is 33.6 Å². The van der Waals surface area contributed by atoms with E-state index in [1.807, 2.05) is 30.5 Å². The molecule has 80 valence electrons. The molecule has 3 nitrogen and oxygen atoms in total. The fourth-order valence-corrected chi connectivity index (χ4v) is 2.11. The topological polar surface area (TPSA) is 49.8 Å². The van der Waals surface area contributed by atoms with Crippen LogP contribution in [0.4, 0.5) is 0 Å². The maximum Gasteiger partial charge on any atom is 0.193 e. The first kappa shape index (κ1) is 10.8. The first-order valence-corrected chi connectivity index (χ1v) is 5.99. The average molecular weight is 230 g/mol. The Labute approximate surface area is 98.1 Å². The van der Waals surface area contributed by atoms with Crippen molar-refractivity contribution in [2.45, 2.75) is 11.8 Å². The summed E-state index contributed by atoms with van der Waals surface area (Å²) < 4.78 is 5.49. The Morgan fingerprint density at radius 3 is 2.81 bits per heavy atom. The monoisotopic (exact) mass is 230 g/mol. The first-order valence-electron chi connectivity index (χ1n) is 4.77. The van der Waals surface area contributed by atoms with Crippen molar-refractivity contribution in [3.8, 4) is 17.4 Å². The van der Waals surface area contributed by atoms with Gasteiger partial charge in [0.2, 0.25) is 0 Å². The molecule has 0 saturated heterocycles. The van der Waals surface area contributed by atoms with E-state index in [-0.39, 0.29) is 0 Å². The van der Waals surface area contributed by atoms with Gasteiger partial charge in [0, 0.05) is 17.4 Å². The highest BCUT2D eigenvalue weighted by Gasteiger charge is 2.15. The highest BCUT2D eigenvalue weighted by molar-refractivity contribution is 7.98. The molecule has 0 unspecified atom stereocenters. The van der Waals surface area contributed by atoms with Crippen LogP contribution in [0.5, 0.6) is 0 Å². The Morgan fingerprint density at radius 1 is 1.38 bits per heavy atom. The van der Waals surface area contributed by atoms with Crippen LogP contribution in [-0.4, -0.2) is 11.2 Å². The van der Waals surface area contributed by atoms with Gasteiger partial charge in [0.15, 0.2) is 17.3 Å². The van der Waals surface area contributed by atoms with Gasteiger partial charge in [-0.1, -0.05) is 12.1 Å². The summed E-state index contributed by atoms with van der Waals surface area (Å²) in [7, 11) is 0. The summed E-state index contributed by atoms with van der Waals surface area (Å²) in [5.74, 6) is 1.08. The molecule has 0 saturated carbocycles. The van der Waals surface area contributed by atoms with Crippen molar-refractivity contribution in [3.05, 3.63) is 35.9 Å². The van der Waals surface area contributed by atoms with E-state index in [1.54, 1.807) is 18.7 Å². The molecule has 0 radical (unpaired) electrons. The van der Waals surface area contributed by atoms with Gasteiger partial charge in [-0.3, -0.25) is 0 Å². The molecule has 0 aliphatic carbocycles. The number of oxazole rings is 1. The summed E-state index contributed by atoms with van der Waals surface area (Å²) in [6.45, 7) is 1.74. The van der Waals surface area contributed by atoms with Crippen molar-refractivity contribution >= 4 is 11.8 Å². The summed E-state index contributed by atoms with van der Waals surface area (Å²) in [6, 6.07) is 9.88. The second-order valence-electron chi connectivity index (χ2n) is 3.22. The molecule has 0 aliphatic heterocycles. The molecule has 16 heavy (non-hydrogen) atoms. The van der Waals surface area contributed by atoms with E-state index >= 15 is 0 Å². The maximum absolute atomic E-state index is 8.98. The van der Waals surface area contributed by atoms with E-state index in [1.165, 1.54) is 0 Å². The minimum Gasteiger partial charge on any atom is -0.440 e. The van der Waals surface area contributed by atoms with E-state index in [9.17, 15) is 0 Å². The van der Waals surface area contributed by atoms with Gasteiger partial charge in [-0.15, -0.1) is 11.8 Å². The molecule has 1 heterocycles. The zero-order valence-corrected chi connectivity index (χ0v) is 9.84. The van der Waals surface area contributed by atoms with Gasteiger partial charge >= 0.3 is 0 Å². The van der Waals surface area contributed by atoms with E-state index in [2.05, 4.69) is 11.1 Å². The smallest absolute Gasteiger partial charge is 0.193 e. The third-order valence-corrected chi connectivity index (χ3v) is 2.99. The lowest BCUT2D eigenvalue weighted by molar-refractivity contribution is 0.533. The summed E-state index contributed by atoms with van der Waals surface area (Å²) in [4.78, 5) is 5.12. The number of hydrogen-bond donors (Lipinski definition) is 0. The Kier molecular flexibility index (Phi) is 2.97. The van der Waals surface area contributed by atoms with Gasteiger partial charge in [0.1, 0.15) is 6.07 Å². The van der Waals surface area contributed by atoms with Crippen molar-refractivity contribution in [1.29, 1.82) is 5.26 Å². The molecule has 0 bridgehead atoms.